The Bertz CT molecular complexity index is 186. The lowest BCUT2D eigenvalue weighted by atomic mass is 10.3. The van der Waals surface area contributed by atoms with Crippen LogP contribution in [-0.4, -0.2) is 45.2 Å². The monoisotopic (exact) mass is 257 g/mol. The molecule has 0 aliphatic carbocycles. The van der Waals surface area contributed by atoms with Crippen LogP contribution in [0.4, 0.5) is 13.2 Å². The van der Waals surface area contributed by atoms with E-state index in [4.69, 9.17) is 9.47 Å². The number of methoxy groups -OCH3 is 1. The molecule has 6 heteroatoms. The highest BCUT2D eigenvalue weighted by atomic mass is 19.4. The molecular weight excluding hydrogens is 235 g/mol. The van der Waals surface area contributed by atoms with Crippen molar-refractivity contribution in [1.29, 1.82) is 0 Å². The molecule has 0 aromatic heterocycles. The van der Waals surface area contributed by atoms with Gasteiger partial charge in [-0.05, 0) is 6.42 Å². The molecule has 0 amide bonds. The maximum atomic E-state index is 11.9. The number of halogens is 3. The fraction of sp³-hybridized carbons (Fsp3) is 1.00. The summed E-state index contributed by atoms with van der Waals surface area (Å²) in [5, 5.41) is 3.16. The fourth-order valence-electron chi connectivity index (χ4n) is 1.24. The summed E-state index contributed by atoms with van der Waals surface area (Å²) in [5.41, 5.74) is 0. The van der Waals surface area contributed by atoms with Crippen molar-refractivity contribution in [2.45, 2.75) is 45.0 Å². The van der Waals surface area contributed by atoms with Gasteiger partial charge in [0.05, 0.1) is 12.7 Å². The summed E-state index contributed by atoms with van der Waals surface area (Å²) in [4.78, 5) is 0. The number of rotatable bonds is 9. The van der Waals surface area contributed by atoms with E-state index in [2.05, 4.69) is 5.32 Å². The molecule has 0 spiro atoms. The van der Waals surface area contributed by atoms with Gasteiger partial charge in [-0.1, -0.05) is 13.8 Å². The van der Waals surface area contributed by atoms with Crippen molar-refractivity contribution in [1.82, 2.24) is 5.32 Å². The lowest BCUT2D eigenvalue weighted by Gasteiger charge is -2.19. The van der Waals surface area contributed by atoms with Crippen LogP contribution in [-0.2, 0) is 9.47 Å². The van der Waals surface area contributed by atoms with E-state index in [1.165, 1.54) is 0 Å². The summed E-state index contributed by atoms with van der Waals surface area (Å²) in [6.45, 7) is 5.05. The summed E-state index contributed by atoms with van der Waals surface area (Å²) in [7, 11) is 1.54. The second-order valence-corrected chi connectivity index (χ2v) is 4.23. The zero-order valence-corrected chi connectivity index (χ0v) is 10.6. The van der Waals surface area contributed by atoms with Gasteiger partial charge in [0, 0.05) is 32.7 Å². The molecule has 0 saturated carbocycles. The van der Waals surface area contributed by atoms with Gasteiger partial charge in [0.15, 0.2) is 0 Å². The first-order valence-electron chi connectivity index (χ1n) is 5.76. The standard InChI is InChI=1S/C11H22F3NO2/c1-9(2)15-7-10(8-16-3)17-6-4-5-11(12,13)14/h9-10,15H,4-8H2,1-3H3. The normalized spacial score (nSPS) is 14.3. The molecule has 104 valence electrons. The number of nitrogens with one attached hydrogen (secondary N) is 1. The second kappa shape index (κ2) is 8.72. The van der Waals surface area contributed by atoms with Gasteiger partial charge in [-0.25, -0.2) is 0 Å². The molecule has 0 aromatic carbocycles. The molecule has 1 unspecified atom stereocenters. The van der Waals surface area contributed by atoms with Gasteiger partial charge in [-0.3, -0.25) is 0 Å². The molecular formula is C11H22F3NO2. The smallest absolute Gasteiger partial charge is 0.382 e. The fourth-order valence-corrected chi connectivity index (χ4v) is 1.24. The molecule has 1 N–H and O–H groups in total. The van der Waals surface area contributed by atoms with Crippen LogP contribution in [0, 0.1) is 0 Å². The van der Waals surface area contributed by atoms with Crippen LogP contribution in [0.2, 0.25) is 0 Å². The molecule has 0 radical (unpaired) electrons. The Hall–Kier alpha value is -0.330. The van der Waals surface area contributed by atoms with E-state index in [0.717, 1.165) is 0 Å². The first-order valence-corrected chi connectivity index (χ1v) is 5.76. The van der Waals surface area contributed by atoms with Gasteiger partial charge < -0.3 is 14.8 Å². The van der Waals surface area contributed by atoms with Gasteiger partial charge in [-0.15, -0.1) is 0 Å². The van der Waals surface area contributed by atoms with E-state index >= 15 is 0 Å². The third-order valence-corrected chi connectivity index (χ3v) is 2.06. The van der Waals surface area contributed by atoms with Gasteiger partial charge in [0.1, 0.15) is 0 Å². The molecule has 0 aromatic rings. The highest BCUT2D eigenvalue weighted by Gasteiger charge is 2.26. The Morgan fingerprint density at radius 3 is 2.35 bits per heavy atom. The lowest BCUT2D eigenvalue weighted by Crippen LogP contribution is -2.36. The summed E-state index contributed by atoms with van der Waals surface area (Å²) in [6, 6.07) is 0.313. The Morgan fingerprint density at radius 2 is 1.88 bits per heavy atom. The van der Waals surface area contributed by atoms with Crippen molar-refractivity contribution in [3.63, 3.8) is 0 Å². The van der Waals surface area contributed by atoms with Crippen LogP contribution < -0.4 is 5.32 Å². The van der Waals surface area contributed by atoms with Crippen molar-refractivity contribution < 1.29 is 22.6 Å². The third kappa shape index (κ3) is 11.9. The predicted molar refractivity (Wildman–Crippen MR) is 60.0 cm³/mol. The predicted octanol–water partition coefficient (Wildman–Crippen LogP) is 2.36. The molecule has 0 aliphatic heterocycles. The van der Waals surface area contributed by atoms with Crippen LogP contribution in [0.1, 0.15) is 26.7 Å². The maximum Gasteiger partial charge on any atom is 0.389 e. The van der Waals surface area contributed by atoms with E-state index < -0.39 is 12.6 Å². The van der Waals surface area contributed by atoms with Crippen molar-refractivity contribution in [3.05, 3.63) is 0 Å². The largest absolute Gasteiger partial charge is 0.389 e. The summed E-state index contributed by atoms with van der Waals surface area (Å²) in [6.07, 6.45) is -5.11. The highest BCUT2D eigenvalue weighted by Crippen LogP contribution is 2.21. The molecule has 17 heavy (non-hydrogen) atoms. The van der Waals surface area contributed by atoms with E-state index in [1.54, 1.807) is 7.11 Å². The summed E-state index contributed by atoms with van der Waals surface area (Å²) >= 11 is 0. The Labute approximate surface area is 101 Å². The number of hydrogen-bond acceptors (Lipinski definition) is 3. The van der Waals surface area contributed by atoms with Crippen LogP contribution in [0.3, 0.4) is 0 Å². The van der Waals surface area contributed by atoms with Crippen LogP contribution in [0.15, 0.2) is 0 Å². The second-order valence-electron chi connectivity index (χ2n) is 4.23. The number of ether oxygens (including phenoxy) is 2. The molecule has 0 aliphatic rings. The molecule has 0 bridgehead atoms. The first-order chi connectivity index (χ1) is 7.85. The third-order valence-electron chi connectivity index (χ3n) is 2.06. The molecule has 0 heterocycles. The minimum absolute atomic E-state index is 0.00854. The van der Waals surface area contributed by atoms with Crippen molar-refractivity contribution in [2.75, 3.05) is 26.9 Å². The van der Waals surface area contributed by atoms with Gasteiger partial charge >= 0.3 is 6.18 Å². The Kier molecular flexibility index (Phi) is 8.55. The molecule has 0 saturated heterocycles. The van der Waals surface area contributed by atoms with Gasteiger partial charge in [-0.2, -0.15) is 13.2 Å². The van der Waals surface area contributed by atoms with Crippen LogP contribution >= 0.6 is 0 Å². The van der Waals surface area contributed by atoms with Crippen molar-refractivity contribution in [3.8, 4) is 0 Å². The van der Waals surface area contributed by atoms with E-state index in [1.807, 2.05) is 13.8 Å². The SMILES string of the molecule is COCC(CNC(C)C)OCCCC(F)(F)F. The van der Waals surface area contributed by atoms with Crippen molar-refractivity contribution >= 4 is 0 Å². The zero-order chi connectivity index (χ0) is 13.3. The average molecular weight is 257 g/mol. The van der Waals surface area contributed by atoms with E-state index in [9.17, 15) is 13.2 Å². The minimum atomic E-state index is -4.10. The maximum absolute atomic E-state index is 11.9. The molecule has 0 rings (SSSR count). The van der Waals surface area contributed by atoms with E-state index in [-0.39, 0.29) is 19.1 Å². The highest BCUT2D eigenvalue weighted by molar-refractivity contribution is 4.63. The first kappa shape index (κ1) is 16.7. The molecule has 1 atom stereocenters. The summed E-state index contributed by atoms with van der Waals surface area (Å²) < 4.78 is 46.0. The minimum Gasteiger partial charge on any atom is -0.382 e. The number of hydrogen-bond donors (Lipinski definition) is 1. The Balaban J connectivity index is 3.69. The number of alkyl halides is 3. The van der Waals surface area contributed by atoms with Gasteiger partial charge in [0.2, 0.25) is 0 Å². The van der Waals surface area contributed by atoms with Crippen molar-refractivity contribution in [2.24, 2.45) is 0 Å². The van der Waals surface area contributed by atoms with Crippen LogP contribution in [0.25, 0.3) is 0 Å². The molecule has 0 fully saturated rings. The quantitative estimate of drug-likeness (QED) is 0.643. The average Bonchev–Trinajstić information content (AvgIpc) is 2.19. The molecule has 3 nitrogen and oxygen atoms in total. The van der Waals surface area contributed by atoms with E-state index in [0.29, 0.717) is 19.2 Å². The Morgan fingerprint density at radius 1 is 1.24 bits per heavy atom. The van der Waals surface area contributed by atoms with Crippen LogP contribution in [0.5, 0.6) is 0 Å². The topological polar surface area (TPSA) is 30.5 Å². The van der Waals surface area contributed by atoms with Gasteiger partial charge in [0.25, 0.3) is 0 Å². The lowest BCUT2D eigenvalue weighted by molar-refractivity contribution is -0.139. The zero-order valence-electron chi connectivity index (χ0n) is 10.6. The summed E-state index contributed by atoms with van der Waals surface area (Å²) in [5.74, 6) is 0.